The maximum atomic E-state index is 11.2. The molecule has 0 aliphatic rings. The summed E-state index contributed by atoms with van der Waals surface area (Å²) in [7, 11) is 3.50. The normalized spacial score (nSPS) is 9.80. The first-order valence-electron chi connectivity index (χ1n) is 4.83. The molecule has 4 nitrogen and oxygen atoms in total. The monoisotopic (exact) mass is 207 g/mol. The number of nitrogens with two attached hydrogens (primary N) is 1. The highest BCUT2D eigenvalue weighted by atomic mass is 16.1. The smallest absolute Gasteiger partial charge is 0.239 e. The van der Waals surface area contributed by atoms with E-state index in [0.717, 1.165) is 16.9 Å². The van der Waals surface area contributed by atoms with E-state index in [1.54, 1.807) is 7.05 Å². The summed E-state index contributed by atoms with van der Waals surface area (Å²) in [4.78, 5) is 13.1. The number of nitrogens with one attached hydrogen (secondary N) is 1. The van der Waals surface area contributed by atoms with Gasteiger partial charge in [0, 0.05) is 25.5 Å². The molecule has 0 aliphatic heterocycles. The minimum Gasteiger partial charge on any atom is -0.398 e. The van der Waals surface area contributed by atoms with Crippen LogP contribution in [0.5, 0.6) is 0 Å². The van der Waals surface area contributed by atoms with Crippen molar-refractivity contribution < 1.29 is 4.79 Å². The van der Waals surface area contributed by atoms with Crippen LogP contribution in [-0.4, -0.2) is 26.5 Å². The Bertz CT molecular complexity index is 363. The van der Waals surface area contributed by atoms with Crippen molar-refractivity contribution in [3.63, 3.8) is 0 Å². The Morgan fingerprint density at radius 3 is 2.80 bits per heavy atom. The van der Waals surface area contributed by atoms with Gasteiger partial charge in [-0.2, -0.15) is 0 Å². The van der Waals surface area contributed by atoms with Gasteiger partial charge in [-0.15, -0.1) is 0 Å². The molecule has 1 aromatic carbocycles. The molecule has 0 unspecified atom stereocenters. The quantitative estimate of drug-likeness (QED) is 0.719. The third-order valence-corrected chi connectivity index (χ3v) is 2.42. The van der Waals surface area contributed by atoms with E-state index in [-0.39, 0.29) is 5.91 Å². The van der Waals surface area contributed by atoms with Gasteiger partial charge in [0.1, 0.15) is 0 Å². The molecule has 0 heterocycles. The molecular weight excluding hydrogens is 190 g/mol. The summed E-state index contributed by atoms with van der Waals surface area (Å²) in [6, 6.07) is 5.69. The first-order chi connectivity index (χ1) is 7.06. The van der Waals surface area contributed by atoms with Crippen molar-refractivity contribution in [2.45, 2.75) is 6.92 Å². The summed E-state index contributed by atoms with van der Waals surface area (Å²) in [6.45, 7) is 2.28. The zero-order valence-electron chi connectivity index (χ0n) is 9.37. The molecule has 15 heavy (non-hydrogen) atoms. The number of carbonyl (C=O) groups excluding carboxylic acids is 1. The fraction of sp³-hybridized carbons (Fsp3) is 0.364. The molecule has 4 heteroatoms. The van der Waals surface area contributed by atoms with Gasteiger partial charge in [0.15, 0.2) is 0 Å². The lowest BCUT2D eigenvalue weighted by molar-refractivity contribution is -0.119. The van der Waals surface area contributed by atoms with Gasteiger partial charge in [0.05, 0.1) is 6.54 Å². The second kappa shape index (κ2) is 4.68. The number of likely N-dealkylation sites (N-methyl/N-ethyl adjacent to an activating group) is 2. The molecule has 0 saturated heterocycles. The molecule has 0 radical (unpaired) electrons. The summed E-state index contributed by atoms with van der Waals surface area (Å²) in [5.41, 5.74) is 8.53. The lowest BCUT2D eigenvalue weighted by Gasteiger charge is -2.21. The minimum atomic E-state index is -0.0145. The van der Waals surface area contributed by atoms with Gasteiger partial charge in [-0.3, -0.25) is 4.79 Å². The molecule has 1 aromatic rings. The van der Waals surface area contributed by atoms with Crippen LogP contribution < -0.4 is 16.0 Å². The van der Waals surface area contributed by atoms with E-state index in [9.17, 15) is 4.79 Å². The first-order valence-corrected chi connectivity index (χ1v) is 4.83. The number of nitrogens with zero attached hydrogens (tertiary/aromatic N) is 1. The van der Waals surface area contributed by atoms with Crippen LogP contribution in [-0.2, 0) is 4.79 Å². The number of carbonyl (C=O) groups is 1. The van der Waals surface area contributed by atoms with Crippen molar-refractivity contribution >= 4 is 17.3 Å². The Morgan fingerprint density at radius 2 is 2.20 bits per heavy atom. The first kappa shape index (κ1) is 11.4. The Kier molecular flexibility index (Phi) is 3.55. The van der Waals surface area contributed by atoms with E-state index in [4.69, 9.17) is 5.73 Å². The van der Waals surface area contributed by atoms with Crippen LogP contribution in [0.1, 0.15) is 5.56 Å². The van der Waals surface area contributed by atoms with Gasteiger partial charge >= 0.3 is 0 Å². The predicted molar refractivity (Wildman–Crippen MR) is 62.9 cm³/mol. The Labute approximate surface area is 90.1 Å². The minimum absolute atomic E-state index is 0.0145. The highest BCUT2D eigenvalue weighted by Crippen LogP contribution is 2.23. The van der Waals surface area contributed by atoms with Gasteiger partial charge < -0.3 is 16.0 Å². The molecule has 82 valence electrons. The van der Waals surface area contributed by atoms with E-state index in [1.165, 1.54) is 0 Å². The molecule has 3 N–H and O–H groups in total. The van der Waals surface area contributed by atoms with Gasteiger partial charge in [0.25, 0.3) is 0 Å². The van der Waals surface area contributed by atoms with Crippen LogP contribution in [0, 0.1) is 6.92 Å². The molecule has 0 atom stereocenters. The van der Waals surface area contributed by atoms with Crippen LogP contribution >= 0.6 is 0 Å². The third kappa shape index (κ3) is 2.62. The average molecular weight is 207 g/mol. The van der Waals surface area contributed by atoms with Crippen LogP contribution in [0.3, 0.4) is 0 Å². The molecule has 0 spiro atoms. The highest BCUT2D eigenvalue weighted by molar-refractivity contribution is 5.81. The van der Waals surface area contributed by atoms with Crippen molar-refractivity contribution in [3.05, 3.63) is 23.8 Å². The number of nitrogen functional groups attached to an aromatic ring is 1. The Balaban J connectivity index is 2.86. The molecule has 0 bridgehead atoms. The lowest BCUT2D eigenvalue weighted by atomic mass is 10.1. The van der Waals surface area contributed by atoms with Gasteiger partial charge in [-0.25, -0.2) is 0 Å². The van der Waals surface area contributed by atoms with E-state index >= 15 is 0 Å². The number of hydrogen-bond acceptors (Lipinski definition) is 3. The predicted octanol–water partition coefficient (Wildman–Crippen LogP) is 0.759. The van der Waals surface area contributed by atoms with E-state index < -0.39 is 0 Å². The fourth-order valence-corrected chi connectivity index (χ4v) is 1.43. The van der Waals surface area contributed by atoms with Crippen molar-refractivity contribution in [1.29, 1.82) is 0 Å². The Hall–Kier alpha value is -1.71. The fourth-order valence-electron chi connectivity index (χ4n) is 1.43. The summed E-state index contributed by atoms with van der Waals surface area (Å²) in [5.74, 6) is -0.0145. The highest BCUT2D eigenvalue weighted by Gasteiger charge is 2.09. The number of hydrogen-bond donors (Lipinski definition) is 2. The van der Waals surface area contributed by atoms with Crippen LogP contribution in [0.2, 0.25) is 0 Å². The van der Waals surface area contributed by atoms with Crippen molar-refractivity contribution in [1.82, 2.24) is 5.32 Å². The average Bonchev–Trinajstić information content (AvgIpc) is 2.21. The molecule has 0 aromatic heterocycles. The SMILES string of the molecule is CNC(=O)CN(C)c1cccc(N)c1C. The van der Waals surface area contributed by atoms with Gasteiger partial charge in [-0.1, -0.05) is 6.07 Å². The van der Waals surface area contributed by atoms with Crippen LogP contribution in [0.25, 0.3) is 0 Å². The van der Waals surface area contributed by atoms with Gasteiger partial charge in [-0.05, 0) is 24.6 Å². The van der Waals surface area contributed by atoms with E-state index in [2.05, 4.69) is 5.32 Å². The van der Waals surface area contributed by atoms with E-state index in [0.29, 0.717) is 6.54 Å². The van der Waals surface area contributed by atoms with Crippen LogP contribution in [0.4, 0.5) is 11.4 Å². The Morgan fingerprint density at radius 1 is 1.53 bits per heavy atom. The van der Waals surface area contributed by atoms with E-state index in [1.807, 2.05) is 37.1 Å². The maximum absolute atomic E-state index is 11.2. The van der Waals surface area contributed by atoms with Crippen molar-refractivity contribution in [2.75, 3.05) is 31.3 Å². The second-order valence-corrected chi connectivity index (χ2v) is 3.52. The second-order valence-electron chi connectivity index (χ2n) is 3.52. The maximum Gasteiger partial charge on any atom is 0.239 e. The largest absolute Gasteiger partial charge is 0.398 e. The summed E-state index contributed by atoms with van der Waals surface area (Å²) >= 11 is 0. The molecule has 0 aliphatic carbocycles. The molecule has 0 saturated carbocycles. The number of rotatable bonds is 3. The third-order valence-electron chi connectivity index (χ3n) is 2.42. The number of benzene rings is 1. The van der Waals surface area contributed by atoms with Gasteiger partial charge in [0.2, 0.25) is 5.91 Å². The van der Waals surface area contributed by atoms with Crippen molar-refractivity contribution in [2.24, 2.45) is 0 Å². The summed E-state index contributed by atoms with van der Waals surface area (Å²) < 4.78 is 0. The number of amides is 1. The molecule has 1 amide bonds. The zero-order valence-corrected chi connectivity index (χ0v) is 9.37. The number of anilines is 2. The van der Waals surface area contributed by atoms with Crippen molar-refractivity contribution in [3.8, 4) is 0 Å². The lowest BCUT2D eigenvalue weighted by Crippen LogP contribution is -2.33. The van der Waals surface area contributed by atoms with Crippen LogP contribution in [0.15, 0.2) is 18.2 Å². The summed E-state index contributed by atoms with van der Waals surface area (Å²) in [6.07, 6.45) is 0. The molecular formula is C11H17N3O. The zero-order chi connectivity index (χ0) is 11.4. The summed E-state index contributed by atoms with van der Waals surface area (Å²) in [5, 5.41) is 2.59. The standard InChI is InChI=1S/C11H17N3O/c1-8-9(12)5-4-6-10(8)14(3)7-11(15)13-2/h4-6H,7,12H2,1-3H3,(H,13,15). The molecule has 0 fully saturated rings. The topological polar surface area (TPSA) is 58.4 Å². The molecule has 1 rings (SSSR count).